The summed E-state index contributed by atoms with van der Waals surface area (Å²) in [5.74, 6) is 1.67. The molecule has 0 saturated heterocycles. The normalized spacial score (nSPS) is 30.8. The smallest absolute Gasteiger partial charge is 0.00676 e. The SMILES string of the molecule is CCC(CC)CC1CC(C)(C)CCC1N. The Hall–Kier alpha value is -0.0400. The van der Waals surface area contributed by atoms with Gasteiger partial charge in [-0.25, -0.2) is 0 Å². The summed E-state index contributed by atoms with van der Waals surface area (Å²) in [7, 11) is 0. The molecule has 1 nitrogen and oxygen atoms in total. The van der Waals surface area contributed by atoms with Crippen LogP contribution in [0.3, 0.4) is 0 Å². The molecule has 90 valence electrons. The molecule has 1 saturated carbocycles. The molecule has 0 bridgehead atoms. The molecular formula is C14H29N. The molecule has 0 amide bonds. The van der Waals surface area contributed by atoms with Gasteiger partial charge in [0.15, 0.2) is 0 Å². The van der Waals surface area contributed by atoms with Gasteiger partial charge in [-0.1, -0.05) is 40.5 Å². The summed E-state index contributed by atoms with van der Waals surface area (Å²) in [6.45, 7) is 9.43. The van der Waals surface area contributed by atoms with Crippen molar-refractivity contribution < 1.29 is 0 Å². The van der Waals surface area contributed by atoms with Crippen LogP contribution in [0.25, 0.3) is 0 Å². The largest absolute Gasteiger partial charge is 0.327 e. The Balaban J connectivity index is 2.51. The number of nitrogens with two attached hydrogens (primary N) is 1. The summed E-state index contributed by atoms with van der Waals surface area (Å²) in [4.78, 5) is 0. The van der Waals surface area contributed by atoms with Gasteiger partial charge in [0.05, 0.1) is 0 Å². The molecule has 1 fully saturated rings. The van der Waals surface area contributed by atoms with E-state index in [1.165, 1.54) is 38.5 Å². The maximum Gasteiger partial charge on any atom is 0.00676 e. The van der Waals surface area contributed by atoms with Gasteiger partial charge in [-0.2, -0.15) is 0 Å². The van der Waals surface area contributed by atoms with Crippen molar-refractivity contribution in [2.45, 2.75) is 72.3 Å². The standard InChI is InChI=1S/C14H29N/c1-5-11(6-2)9-12-10-14(3,4)8-7-13(12)15/h11-13H,5-10,15H2,1-4H3. The van der Waals surface area contributed by atoms with Crippen LogP contribution in [0.4, 0.5) is 0 Å². The second-order valence-corrected chi connectivity index (χ2v) is 6.25. The quantitative estimate of drug-likeness (QED) is 0.748. The fourth-order valence-corrected chi connectivity index (χ4v) is 3.06. The van der Waals surface area contributed by atoms with E-state index in [1.807, 2.05) is 0 Å². The zero-order chi connectivity index (χ0) is 11.5. The van der Waals surface area contributed by atoms with Crippen LogP contribution in [0.15, 0.2) is 0 Å². The maximum absolute atomic E-state index is 6.26. The lowest BCUT2D eigenvalue weighted by molar-refractivity contribution is 0.134. The second-order valence-electron chi connectivity index (χ2n) is 6.25. The van der Waals surface area contributed by atoms with Crippen LogP contribution < -0.4 is 5.73 Å². The highest BCUT2D eigenvalue weighted by Gasteiger charge is 2.33. The molecule has 0 aromatic heterocycles. The molecule has 0 heterocycles. The minimum absolute atomic E-state index is 0.471. The van der Waals surface area contributed by atoms with Crippen molar-refractivity contribution in [2.75, 3.05) is 0 Å². The zero-order valence-corrected chi connectivity index (χ0v) is 11.1. The van der Waals surface area contributed by atoms with Gasteiger partial charge in [0.1, 0.15) is 0 Å². The van der Waals surface area contributed by atoms with E-state index >= 15 is 0 Å². The molecule has 0 aromatic carbocycles. The third kappa shape index (κ3) is 3.79. The van der Waals surface area contributed by atoms with Crippen molar-refractivity contribution >= 4 is 0 Å². The molecule has 2 unspecified atom stereocenters. The first-order valence-electron chi connectivity index (χ1n) is 6.74. The molecule has 0 aliphatic heterocycles. The molecule has 1 aliphatic rings. The van der Waals surface area contributed by atoms with Gasteiger partial charge >= 0.3 is 0 Å². The molecule has 1 rings (SSSR count). The van der Waals surface area contributed by atoms with Crippen LogP contribution in [0, 0.1) is 17.3 Å². The lowest BCUT2D eigenvalue weighted by Gasteiger charge is -2.40. The first kappa shape index (κ1) is 13.0. The van der Waals surface area contributed by atoms with Crippen LogP contribution in [0.1, 0.15) is 66.2 Å². The van der Waals surface area contributed by atoms with Gasteiger partial charge < -0.3 is 5.73 Å². The zero-order valence-electron chi connectivity index (χ0n) is 11.1. The predicted octanol–water partition coefficient (Wildman–Crippen LogP) is 3.97. The summed E-state index contributed by atoms with van der Waals surface area (Å²) >= 11 is 0. The van der Waals surface area contributed by atoms with E-state index in [-0.39, 0.29) is 0 Å². The minimum atomic E-state index is 0.471. The van der Waals surface area contributed by atoms with Gasteiger partial charge in [-0.05, 0) is 42.9 Å². The minimum Gasteiger partial charge on any atom is -0.327 e. The topological polar surface area (TPSA) is 26.0 Å². The molecule has 0 aromatic rings. The van der Waals surface area contributed by atoms with Crippen molar-refractivity contribution in [3.63, 3.8) is 0 Å². The predicted molar refractivity (Wildman–Crippen MR) is 67.8 cm³/mol. The van der Waals surface area contributed by atoms with Crippen molar-refractivity contribution in [3.05, 3.63) is 0 Å². The monoisotopic (exact) mass is 211 g/mol. The van der Waals surface area contributed by atoms with E-state index in [4.69, 9.17) is 5.73 Å². The van der Waals surface area contributed by atoms with Crippen LogP contribution in [-0.4, -0.2) is 6.04 Å². The van der Waals surface area contributed by atoms with Gasteiger partial charge in [-0.3, -0.25) is 0 Å². The van der Waals surface area contributed by atoms with E-state index in [9.17, 15) is 0 Å². The van der Waals surface area contributed by atoms with E-state index in [0.717, 1.165) is 11.8 Å². The number of rotatable bonds is 4. The summed E-state index contributed by atoms with van der Waals surface area (Å²) in [6.07, 6.45) is 7.88. The summed E-state index contributed by atoms with van der Waals surface area (Å²) < 4.78 is 0. The Morgan fingerprint density at radius 2 is 1.87 bits per heavy atom. The molecule has 2 N–H and O–H groups in total. The molecular weight excluding hydrogens is 182 g/mol. The van der Waals surface area contributed by atoms with Crippen molar-refractivity contribution in [3.8, 4) is 0 Å². The van der Waals surface area contributed by atoms with E-state index in [0.29, 0.717) is 11.5 Å². The fraction of sp³-hybridized carbons (Fsp3) is 1.00. The Morgan fingerprint density at radius 3 is 2.40 bits per heavy atom. The van der Waals surface area contributed by atoms with Crippen molar-refractivity contribution in [1.29, 1.82) is 0 Å². The van der Waals surface area contributed by atoms with Gasteiger partial charge in [0.25, 0.3) is 0 Å². The molecule has 2 atom stereocenters. The first-order valence-corrected chi connectivity index (χ1v) is 6.74. The van der Waals surface area contributed by atoms with Crippen molar-refractivity contribution in [1.82, 2.24) is 0 Å². The van der Waals surface area contributed by atoms with Crippen molar-refractivity contribution in [2.24, 2.45) is 23.0 Å². The number of hydrogen-bond acceptors (Lipinski definition) is 1. The van der Waals surface area contributed by atoms with Crippen LogP contribution >= 0.6 is 0 Å². The van der Waals surface area contributed by atoms with Gasteiger partial charge in [0, 0.05) is 6.04 Å². The molecule has 1 aliphatic carbocycles. The highest BCUT2D eigenvalue weighted by atomic mass is 14.7. The van der Waals surface area contributed by atoms with E-state index in [2.05, 4.69) is 27.7 Å². The molecule has 15 heavy (non-hydrogen) atoms. The second kappa shape index (κ2) is 5.34. The van der Waals surface area contributed by atoms with E-state index < -0.39 is 0 Å². The third-order valence-electron chi connectivity index (χ3n) is 4.37. The van der Waals surface area contributed by atoms with Crippen LogP contribution in [-0.2, 0) is 0 Å². The Kier molecular flexibility index (Phi) is 4.64. The molecule has 0 radical (unpaired) electrons. The molecule has 1 heteroatoms. The Labute approximate surface area is 95.8 Å². The van der Waals surface area contributed by atoms with Gasteiger partial charge in [-0.15, -0.1) is 0 Å². The Bertz CT molecular complexity index is 182. The summed E-state index contributed by atoms with van der Waals surface area (Å²) in [5.41, 5.74) is 6.79. The highest BCUT2D eigenvalue weighted by molar-refractivity contribution is 4.87. The fourth-order valence-electron chi connectivity index (χ4n) is 3.06. The lowest BCUT2D eigenvalue weighted by atomic mass is 9.67. The van der Waals surface area contributed by atoms with Crippen LogP contribution in [0.2, 0.25) is 0 Å². The third-order valence-corrected chi connectivity index (χ3v) is 4.37. The van der Waals surface area contributed by atoms with E-state index in [1.54, 1.807) is 0 Å². The maximum atomic E-state index is 6.26. The summed E-state index contributed by atoms with van der Waals surface area (Å²) in [5, 5.41) is 0. The van der Waals surface area contributed by atoms with Gasteiger partial charge in [0.2, 0.25) is 0 Å². The average Bonchev–Trinajstić information content (AvgIpc) is 2.19. The number of hydrogen-bond donors (Lipinski definition) is 1. The van der Waals surface area contributed by atoms with Crippen LogP contribution in [0.5, 0.6) is 0 Å². The molecule has 0 spiro atoms. The Morgan fingerprint density at radius 1 is 1.27 bits per heavy atom. The highest BCUT2D eigenvalue weighted by Crippen LogP contribution is 2.41. The average molecular weight is 211 g/mol. The lowest BCUT2D eigenvalue weighted by Crippen LogP contribution is -2.40. The summed E-state index contributed by atoms with van der Waals surface area (Å²) in [6, 6.07) is 0.471. The first-order chi connectivity index (χ1) is 6.98.